The van der Waals surface area contributed by atoms with Crippen LogP contribution in [-0.4, -0.2) is 35.6 Å². The van der Waals surface area contributed by atoms with E-state index in [2.05, 4.69) is 11.9 Å². The summed E-state index contributed by atoms with van der Waals surface area (Å²) in [5, 5.41) is 9.33. The van der Waals surface area contributed by atoms with E-state index in [1.807, 2.05) is 0 Å². The zero-order valence-corrected chi connectivity index (χ0v) is 8.83. The Morgan fingerprint density at radius 2 is 2.07 bits per heavy atom. The van der Waals surface area contributed by atoms with Crippen LogP contribution >= 0.6 is 0 Å². The summed E-state index contributed by atoms with van der Waals surface area (Å²) >= 11 is 0. The molecule has 0 aromatic heterocycles. The molecular weight excluding hydrogens is 178 g/mol. The molecule has 3 heteroatoms. The molecule has 0 aromatic rings. The Balaban J connectivity index is 2.14. The molecule has 1 aliphatic heterocycles. The van der Waals surface area contributed by atoms with Crippen molar-refractivity contribution in [2.45, 2.75) is 44.6 Å². The molecule has 1 aliphatic carbocycles. The molecule has 3 nitrogen and oxygen atoms in total. The van der Waals surface area contributed by atoms with E-state index in [0.29, 0.717) is 6.04 Å². The molecule has 0 bridgehead atoms. The number of carboxylic acid groups (broad SMARTS) is 1. The third-order valence-corrected chi connectivity index (χ3v) is 4.08. The van der Waals surface area contributed by atoms with Gasteiger partial charge in [0.25, 0.3) is 0 Å². The molecule has 0 spiro atoms. The number of hydrogen-bond donors (Lipinski definition) is 1. The van der Waals surface area contributed by atoms with Gasteiger partial charge in [-0.2, -0.15) is 0 Å². The van der Waals surface area contributed by atoms with E-state index in [4.69, 9.17) is 0 Å². The minimum Gasteiger partial charge on any atom is -0.481 e. The molecule has 2 fully saturated rings. The lowest BCUT2D eigenvalue weighted by Gasteiger charge is -2.49. The second-order valence-corrected chi connectivity index (χ2v) is 4.81. The third-order valence-electron chi connectivity index (χ3n) is 4.08. The van der Waals surface area contributed by atoms with Crippen molar-refractivity contribution in [2.75, 3.05) is 13.6 Å². The highest BCUT2D eigenvalue weighted by atomic mass is 16.4. The van der Waals surface area contributed by atoms with E-state index in [9.17, 15) is 9.90 Å². The van der Waals surface area contributed by atoms with Crippen molar-refractivity contribution in [1.29, 1.82) is 0 Å². The molecule has 0 aromatic carbocycles. The van der Waals surface area contributed by atoms with Crippen LogP contribution in [-0.2, 0) is 4.79 Å². The summed E-state index contributed by atoms with van der Waals surface area (Å²) in [7, 11) is 2.08. The van der Waals surface area contributed by atoms with Crippen LogP contribution < -0.4 is 0 Å². The minimum atomic E-state index is -0.567. The maximum atomic E-state index is 11.3. The van der Waals surface area contributed by atoms with Crippen LogP contribution in [0.1, 0.15) is 38.5 Å². The molecule has 1 unspecified atom stereocenters. The Morgan fingerprint density at radius 1 is 1.36 bits per heavy atom. The van der Waals surface area contributed by atoms with Crippen molar-refractivity contribution in [2.24, 2.45) is 5.41 Å². The predicted molar refractivity (Wildman–Crippen MR) is 54.2 cm³/mol. The zero-order chi connectivity index (χ0) is 10.2. The molecule has 80 valence electrons. The lowest BCUT2D eigenvalue weighted by molar-refractivity contribution is -0.162. The van der Waals surface area contributed by atoms with Gasteiger partial charge in [0.05, 0.1) is 5.41 Å². The summed E-state index contributed by atoms with van der Waals surface area (Å²) in [4.78, 5) is 13.6. The van der Waals surface area contributed by atoms with Crippen LogP contribution in [0.4, 0.5) is 0 Å². The molecule has 2 rings (SSSR count). The van der Waals surface area contributed by atoms with Crippen LogP contribution in [0, 0.1) is 5.41 Å². The number of hydrogen-bond acceptors (Lipinski definition) is 2. The highest BCUT2D eigenvalue weighted by Crippen LogP contribution is 2.48. The molecule has 1 saturated heterocycles. The van der Waals surface area contributed by atoms with E-state index < -0.39 is 11.4 Å². The van der Waals surface area contributed by atoms with Gasteiger partial charge in [0, 0.05) is 6.04 Å². The van der Waals surface area contributed by atoms with Crippen molar-refractivity contribution >= 4 is 5.97 Å². The average molecular weight is 197 g/mol. The Bertz CT molecular complexity index is 235. The molecule has 1 atom stereocenters. The van der Waals surface area contributed by atoms with Crippen molar-refractivity contribution < 1.29 is 9.90 Å². The highest BCUT2D eigenvalue weighted by Gasteiger charge is 2.52. The van der Waals surface area contributed by atoms with Crippen LogP contribution in [0.2, 0.25) is 0 Å². The maximum absolute atomic E-state index is 11.3. The van der Waals surface area contributed by atoms with Gasteiger partial charge in [-0.15, -0.1) is 0 Å². The Morgan fingerprint density at radius 3 is 2.50 bits per heavy atom. The van der Waals surface area contributed by atoms with E-state index in [1.54, 1.807) is 0 Å². The third kappa shape index (κ3) is 1.34. The molecule has 0 amide bonds. The fourth-order valence-electron chi connectivity index (χ4n) is 3.02. The first-order chi connectivity index (χ1) is 6.67. The largest absolute Gasteiger partial charge is 0.481 e. The number of likely N-dealkylation sites (tertiary alicyclic amines) is 1. The van der Waals surface area contributed by atoms with Gasteiger partial charge in [0.2, 0.25) is 0 Å². The smallest absolute Gasteiger partial charge is 0.311 e. The zero-order valence-electron chi connectivity index (χ0n) is 8.83. The fourth-order valence-corrected chi connectivity index (χ4v) is 3.02. The van der Waals surface area contributed by atoms with E-state index in [-0.39, 0.29) is 0 Å². The Kier molecular flexibility index (Phi) is 2.52. The van der Waals surface area contributed by atoms with Crippen molar-refractivity contribution in [3.8, 4) is 0 Å². The van der Waals surface area contributed by atoms with Gasteiger partial charge >= 0.3 is 5.97 Å². The van der Waals surface area contributed by atoms with Crippen LogP contribution in [0.25, 0.3) is 0 Å². The van der Waals surface area contributed by atoms with Crippen LogP contribution in [0.5, 0.6) is 0 Å². The number of carbonyl (C=O) groups is 1. The van der Waals surface area contributed by atoms with E-state index in [1.165, 1.54) is 12.8 Å². The first-order valence-corrected chi connectivity index (χ1v) is 5.60. The summed E-state index contributed by atoms with van der Waals surface area (Å²) in [6.07, 6.45) is 6.36. The van der Waals surface area contributed by atoms with Gasteiger partial charge in [-0.3, -0.25) is 4.79 Å². The predicted octanol–water partition coefficient (Wildman–Crippen LogP) is 1.73. The van der Waals surface area contributed by atoms with Gasteiger partial charge in [-0.1, -0.05) is 12.8 Å². The molecule has 1 heterocycles. The van der Waals surface area contributed by atoms with Crippen molar-refractivity contribution in [3.05, 3.63) is 0 Å². The van der Waals surface area contributed by atoms with Crippen molar-refractivity contribution in [1.82, 2.24) is 4.90 Å². The number of rotatable bonds is 2. The Hall–Kier alpha value is -0.570. The molecule has 14 heavy (non-hydrogen) atoms. The summed E-state index contributed by atoms with van der Waals surface area (Å²) in [6, 6.07) is 0.294. The molecule has 0 radical (unpaired) electrons. The van der Waals surface area contributed by atoms with Crippen LogP contribution in [0.15, 0.2) is 0 Å². The molecule has 2 aliphatic rings. The average Bonchev–Trinajstić information content (AvgIpc) is 2.05. The highest BCUT2D eigenvalue weighted by molar-refractivity contribution is 5.76. The Labute approximate surface area is 85.1 Å². The van der Waals surface area contributed by atoms with Gasteiger partial charge < -0.3 is 10.0 Å². The lowest BCUT2D eigenvalue weighted by Crippen LogP contribution is -2.56. The maximum Gasteiger partial charge on any atom is 0.311 e. The summed E-state index contributed by atoms with van der Waals surface area (Å²) in [5.74, 6) is -0.567. The quantitative estimate of drug-likeness (QED) is 0.733. The summed E-state index contributed by atoms with van der Waals surface area (Å²) in [5.41, 5.74) is -0.394. The lowest BCUT2D eigenvalue weighted by atomic mass is 9.62. The second-order valence-electron chi connectivity index (χ2n) is 4.81. The summed E-state index contributed by atoms with van der Waals surface area (Å²) < 4.78 is 0. The molecule has 1 N–H and O–H groups in total. The van der Waals surface area contributed by atoms with E-state index >= 15 is 0 Å². The second kappa shape index (κ2) is 3.54. The minimum absolute atomic E-state index is 0.294. The van der Waals surface area contributed by atoms with Gasteiger partial charge in [-0.05, 0) is 39.3 Å². The monoisotopic (exact) mass is 197 g/mol. The topological polar surface area (TPSA) is 40.5 Å². The van der Waals surface area contributed by atoms with Crippen LogP contribution in [0.3, 0.4) is 0 Å². The molecule has 1 saturated carbocycles. The van der Waals surface area contributed by atoms with Gasteiger partial charge in [0.15, 0.2) is 0 Å². The number of aliphatic carboxylic acids is 1. The summed E-state index contributed by atoms with van der Waals surface area (Å²) in [6.45, 7) is 1.07. The fraction of sp³-hybridized carbons (Fsp3) is 0.909. The van der Waals surface area contributed by atoms with Crippen molar-refractivity contribution in [3.63, 3.8) is 0 Å². The first kappa shape index (κ1) is 9.97. The van der Waals surface area contributed by atoms with Gasteiger partial charge in [-0.25, -0.2) is 0 Å². The normalized spacial score (nSPS) is 32.2. The number of piperidine rings is 1. The standard InChI is InChI=1S/C11H19NO2/c1-12-8-3-2-5-9(12)11(10(13)14)6-4-7-11/h9H,2-8H2,1H3,(H,13,14). The SMILES string of the molecule is CN1CCCCC1C1(C(=O)O)CCC1. The van der Waals surface area contributed by atoms with E-state index in [0.717, 1.165) is 32.2 Å². The molecular formula is C11H19NO2. The number of nitrogens with zero attached hydrogens (tertiary/aromatic N) is 1. The number of carboxylic acids is 1. The first-order valence-electron chi connectivity index (χ1n) is 5.60. The van der Waals surface area contributed by atoms with Gasteiger partial charge in [0.1, 0.15) is 0 Å².